The summed E-state index contributed by atoms with van der Waals surface area (Å²) in [4.78, 5) is 35.8. The molecule has 0 aliphatic carbocycles. The Morgan fingerprint density at radius 2 is 1.95 bits per heavy atom. The van der Waals surface area contributed by atoms with Crippen LogP contribution in [0.3, 0.4) is 0 Å². The summed E-state index contributed by atoms with van der Waals surface area (Å²) in [6.45, 7) is 6.84. The maximum absolute atomic E-state index is 12.9. The lowest BCUT2D eigenvalue weighted by molar-refractivity contribution is 0.0210. The second-order valence-electron chi connectivity index (χ2n) is 10.1. The van der Waals surface area contributed by atoms with Crippen molar-refractivity contribution in [2.24, 2.45) is 0 Å². The number of hydrogen-bond donors (Lipinski definition) is 2. The number of nitrogens with one attached hydrogen (secondary N) is 1. The van der Waals surface area contributed by atoms with Crippen molar-refractivity contribution in [3.8, 4) is 11.1 Å². The van der Waals surface area contributed by atoms with E-state index in [1.54, 1.807) is 35.4 Å². The molecule has 1 saturated heterocycles. The number of nitrogens with two attached hydrogens (primary N) is 1. The van der Waals surface area contributed by atoms with Crippen molar-refractivity contribution in [3.05, 3.63) is 57.8 Å². The van der Waals surface area contributed by atoms with Gasteiger partial charge in [-0.05, 0) is 63.9 Å². The molecule has 0 spiro atoms. The quantitative estimate of drug-likeness (QED) is 0.341. The predicted molar refractivity (Wildman–Crippen MR) is 145 cm³/mol. The van der Waals surface area contributed by atoms with E-state index < -0.39 is 5.60 Å². The van der Waals surface area contributed by atoms with Crippen LogP contribution in [0, 0.1) is 0 Å². The second-order valence-corrected chi connectivity index (χ2v) is 10.5. The summed E-state index contributed by atoms with van der Waals surface area (Å²) in [6, 6.07) is 10.7. The van der Waals surface area contributed by atoms with E-state index in [9.17, 15) is 9.59 Å². The van der Waals surface area contributed by atoms with Gasteiger partial charge in [0.15, 0.2) is 11.1 Å². The highest BCUT2D eigenvalue weighted by Crippen LogP contribution is 2.30. The van der Waals surface area contributed by atoms with Gasteiger partial charge in [-0.1, -0.05) is 17.7 Å². The molecule has 3 N–H and O–H groups in total. The largest absolute Gasteiger partial charge is 0.454 e. The van der Waals surface area contributed by atoms with Crippen LogP contribution in [0.15, 0.2) is 51.8 Å². The van der Waals surface area contributed by atoms with E-state index in [1.807, 2.05) is 32.9 Å². The number of aromatic nitrogens is 2. The standard InChI is InChI=1S/C27H28ClN5O4/c1-27(2,3)37-26(35)33-11-9-16(10-12-33)31-21-8-7-15(14-30-21)17-13-20-23(32-25(17)29)24(34)22-18(28)5-4-6-19(22)36-20/h4-8,13-14,16H,9-12H2,1-3H3,(H2,29,32)(H,30,31). The van der Waals surface area contributed by atoms with Crippen molar-refractivity contribution in [1.29, 1.82) is 0 Å². The van der Waals surface area contributed by atoms with Gasteiger partial charge in [0, 0.05) is 36.5 Å². The number of benzene rings is 1. The number of nitrogens with zero attached hydrogens (tertiary/aromatic N) is 3. The van der Waals surface area contributed by atoms with Crippen molar-refractivity contribution >= 4 is 51.4 Å². The number of pyridine rings is 2. The smallest absolute Gasteiger partial charge is 0.410 e. The number of rotatable bonds is 3. The molecule has 192 valence electrons. The van der Waals surface area contributed by atoms with E-state index in [0.29, 0.717) is 34.8 Å². The first-order valence-electron chi connectivity index (χ1n) is 12.1. The van der Waals surface area contributed by atoms with Crippen molar-refractivity contribution < 1.29 is 13.9 Å². The highest BCUT2D eigenvalue weighted by molar-refractivity contribution is 6.35. The minimum Gasteiger partial charge on any atom is -0.454 e. The van der Waals surface area contributed by atoms with Crippen molar-refractivity contribution in [2.75, 3.05) is 24.1 Å². The Labute approximate surface area is 218 Å². The van der Waals surface area contributed by atoms with Crippen molar-refractivity contribution in [1.82, 2.24) is 14.9 Å². The molecule has 0 saturated carbocycles. The molecule has 4 aromatic rings. The van der Waals surface area contributed by atoms with Crippen molar-refractivity contribution in [3.63, 3.8) is 0 Å². The summed E-state index contributed by atoms with van der Waals surface area (Å²) in [5.74, 6) is 0.919. The molecule has 4 heterocycles. The molecule has 0 unspecified atom stereocenters. The highest BCUT2D eigenvalue weighted by atomic mass is 35.5. The molecule has 1 aliphatic rings. The lowest BCUT2D eigenvalue weighted by atomic mass is 10.0. The first-order valence-corrected chi connectivity index (χ1v) is 12.5. The number of carbonyl (C=O) groups is 1. The Hall–Kier alpha value is -3.85. The zero-order valence-corrected chi connectivity index (χ0v) is 21.6. The molecule has 3 aromatic heterocycles. The van der Waals surface area contributed by atoms with Gasteiger partial charge in [0.25, 0.3) is 0 Å². The summed E-state index contributed by atoms with van der Waals surface area (Å²) >= 11 is 6.20. The van der Waals surface area contributed by atoms with Gasteiger partial charge in [0.1, 0.15) is 22.8 Å². The van der Waals surface area contributed by atoms with Gasteiger partial charge in [-0.2, -0.15) is 0 Å². The van der Waals surface area contributed by atoms with Gasteiger partial charge < -0.3 is 25.1 Å². The molecule has 10 heteroatoms. The normalized spacial score (nSPS) is 14.8. The lowest BCUT2D eigenvalue weighted by Crippen LogP contribution is -2.44. The van der Waals surface area contributed by atoms with E-state index in [1.165, 1.54) is 0 Å². The fraction of sp³-hybridized carbons (Fsp3) is 0.333. The molecular weight excluding hydrogens is 494 g/mol. The van der Waals surface area contributed by atoms with E-state index in [4.69, 9.17) is 26.5 Å². The van der Waals surface area contributed by atoms with Crippen LogP contribution < -0.4 is 16.5 Å². The van der Waals surface area contributed by atoms with E-state index in [-0.39, 0.29) is 34.3 Å². The number of ether oxygens (including phenoxy) is 1. The summed E-state index contributed by atoms with van der Waals surface area (Å²) in [7, 11) is 0. The van der Waals surface area contributed by atoms with Crippen LogP contribution in [0.25, 0.3) is 33.2 Å². The fourth-order valence-electron chi connectivity index (χ4n) is 4.41. The number of carbonyl (C=O) groups excluding carboxylic acids is 1. The Bertz CT molecular complexity index is 1540. The fourth-order valence-corrected chi connectivity index (χ4v) is 4.66. The third kappa shape index (κ3) is 5.17. The molecule has 1 aliphatic heterocycles. The molecule has 37 heavy (non-hydrogen) atoms. The first kappa shape index (κ1) is 24.8. The molecule has 5 rings (SSSR count). The highest BCUT2D eigenvalue weighted by Gasteiger charge is 2.27. The van der Waals surface area contributed by atoms with Gasteiger partial charge in [-0.25, -0.2) is 14.8 Å². The predicted octanol–water partition coefficient (Wildman–Crippen LogP) is 5.45. The summed E-state index contributed by atoms with van der Waals surface area (Å²) in [6.07, 6.45) is 3.01. The minimum absolute atomic E-state index is 0.130. The zero-order chi connectivity index (χ0) is 26.3. The van der Waals surface area contributed by atoms with Gasteiger partial charge in [-0.15, -0.1) is 0 Å². The van der Waals surface area contributed by atoms with Gasteiger partial charge >= 0.3 is 6.09 Å². The number of nitrogen functional groups attached to an aromatic ring is 1. The third-order valence-corrected chi connectivity index (χ3v) is 6.54. The van der Waals surface area contributed by atoms with E-state index >= 15 is 0 Å². The number of likely N-dealkylation sites (tertiary alicyclic amines) is 1. The molecular formula is C27H28ClN5O4. The second kappa shape index (κ2) is 9.55. The minimum atomic E-state index is -0.505. The maximum atomic E-state index is 12.9. The first-order chi connectivity index (χ1) is 17.6. The molecule has 1 fully saturated rings. The van der Waals surface area contributed by atoms with Gasteiger partial charge in [0.2, 0.25) is 5.43 Å². The van der Waals surface area contributed by atoms with Crippen LogP contribution in [-0.4, -0.2) is 45.7 Å². The summed E-state index contributed by atoms with van der Waals surface area (Å²) in [5.41, 5.74) is 7.59. The number of halogens is 1. The number of amides is 1. The molecule has 0 radical (unpaired) electrons. The van der Waals surface area contributed by atoms with Crippen LogP contribution in [0.5, 0.6) is 0 Å². The van der Waals surface area contributed by atoms with Crippen LogP contribution >= 0.6 is 11.6 Å². The summed E-state index contributed by atoms with van der Waals surface area (Å²) in [5, 5.41) is 4.02. The SMILES string of the molecule is CC(C)(C)OC(=O)N1CCC(Nc2ccc(-c3cc4oc5cccc(Cl)c5c(=O)c4nc3N)cn2)CC1. The number of piperidine rings is 1. The Balaban J connectivity index is 1.31. The Morgan fingerprint density at radius 1 is 1.19 bits per heavy atom. The number of fused-ring (bicyclic) bond motifs is 2. The number of hydrogen-bond acceptors (Lipinski definition) is 8. The van der Waals surface area contributed by atoms with Gasteiger partial charge in [-0.3, -0.25) is 4.79 Å². The molecule has 0 atom stereocenters. The topological polar surface area (TPSA) is 124 Å². The van der Waals surface area contributed by atoms with Gasteiger partial charge in [0.05, 0.1) is 10.4 Å². The third-order valence-electron chi connectivity index (χ3n) is 6.23. The zero-order valence-electron chi connectivity index (χ0n) is 20.9. The Morgan fingerprint density at radius 3 is 2.62 bits per heavy atom. The van der Waals surface area contributed by atoms with Crippen LogP contribution in [-0.2, 0) is 4.74 Å². The molecule has 0 bridgehead atoms. The maximum Gasteiger partial charge on any atom is 0.410 e. The van der Waals surface area contributed by atoms with E-state index in [2.05, 4.69) is 15.3 Å². The van der Waals surface area contributed by atoms with Crippen LogP contribution in [0.4, 0.5) is 16.4 Å². The summed E-state index contributed by atoms with van der Waals surface area (Å²) < 4.78 is 11.4. The molecule has 1 amide bonds. The van der Waals surface area contributed by atoms with Crippen LogP contribution in [0.2, 0.25) is 5.02 Å². The monoisotopic (exact) mass is 521 g/mol. The average Bonchev–Trinajstić information content (AvgIpc) is 2.84. The van der Waals surface area contributed by atoms with E-state index in [0.717, 1.165) is 24.2 Å². The average molecular weight is 522 g/mol. The Kier molecular flexibility index (Phi) is 6.41. The molecule has 1 aromatic carbocycles. The number of anilines is 2. The van der Waals surface area contributed by atoms with Crippen LogP contribution in [0.1, 0.15) is 33.6 Å². The molecule has 9 nitrogen and oxygen atoms in total. The van der Waals surface area contributed by atoms with Crippen molar-refractivity contribution in [2.45, 2.75) is 45.3 Å². The lowest BCUT2D eigenvalue weighted by Gasteiger charge is -2.33.